The van der Waals surface area contributed by atoms with Crippen molar-refractivity contribution in [1.29, 1.82) is 0 Å². The Labute approximate surface area is 671 Å². The predicted octanol–water partition coefficient (Wildman–Crippen LogP) is 29.6. The van der Waals surface area contributed by atoms with Gasteiger partial charge in [0.05, 0.1) is 46.1 Å². The van der Waals surface area contributed by atoms with Gasteiger partial charge in [0.2, 0.25) is 11.5 Å². The van der Waals surface area contributed by atoms with E-state index in [1.807, 2.05) is 49.1 Å². The molecule has 109 heavy (non-hydrogen) atoms. The molecule has 0 saturated carbocycles. The highest BCUT2D eigenvalue weighted by molar-refractivity contribution is 6.13. The van der Waals surface area contributed by atoms with Gasteiger partial charge in [-0.25, -0.2) is 9.13 Å². The molecule has 4 aromatic rings. The minimum atomic E-state index is -0.214. The van der Waals surface area contributed by atoms with E-state index in [9.17, 15) is 9.59 Å². The topological polar surface area (TPSA) is 97.3 Å². The Morgan fingerprint density at radius 2 is 0.394 bits per heavy atom. The standard InChI is InChI=1S/C99H168N2O8/c1-7-13-19-25-31-37-43-49-55-61-75-104-94-81-88(82-95(105-76-62-56-50-44-38-32-26-20-14-8-2)98(94)108-79-65-59-53-47-41-35-29-23-17-11-5)86-100-71-67-90(68-72-100)92(102)85-93(103)91-69-73-101(74-70-91)87-89-83-96(106-77-63-57-51-45-39-33-27-21-15-9-3)99(109-80-66-60-54-48-42-36-30-24-18-12-6)97(84-89)107-78-64-58-52-46-40-34-28-22-16-10-4/h67-74,81-84H,7-66,75-80,85-87H2,1-6H3/q+2. The van der Waals surface area contributed by atoms with E-state index in [0.29, 0.717) is 63.9 Å². The number of aromatic nitrogens is 2. The number of Topliss-reactive ketones (excluding diaryl/α,β-unsaturated/α-hetero) is 2. The first-order chi connectivity index (χ1) is 53.8. The number of ketones is 2. The quantitative estimate of drug-likeness (QED) is 0.0187. The smallest absolute Gasteiger partial charge is 0.203 e. The second kappa shape index (κ2) is 69.6. The van der Waals surface area contributed by atoms with Crippen molar-refractivity contribution in [1.82, 2.24) is 0 Å². The molecule has 10 nitrogen and oxygen atoms in total. The number of pyridine rings is 2. The van der Waals surface area contributed by atoms with Crippen molar-refractivity contribution in [3.05, 3.63) is 95.6 Å². The third-order valence-electron chi connectivity index (χ3n) is 22.1. The van der Waals surface area contributed by atoms with Crippen molar-refractivity contribution in [2.45, 2.75) is 446 Å². The Morgan fingerprint density at radius 1 is 0.229 bits per heavy atom. The lowest BCUT2D eigenvalue weighted by Crippen LogP contribution is -2.34. The third-order valence-corrected chi connectivity index (χ3v) is 22.1. The zero-order valence-corrected chi connectivity index (χ0v) is 71.9. The second-order valence-electron chi connectivity index (χ2n) is 32.6. The van der Waals surface area contributed by atoms with Crippen LogP contribution in [0.5, 0.6) is 34.5 Å². The molecule has 0 bridgehead atoms. The van der Waals surface area contributed by atoms with Crippen LogP contribution in [-0.4, -0.2) is 51.2 Å². The van der Waals surface area contributed by atoms with Gasteiger partial charge in [-0.2, -0.15) is 0 Å². The van der Waals surface area contributed by atoms with E-state index in [-0.39, 0.29) is 18.0 Å². The van der Waals surface area contributed by atoms with Gasteiger partial charge in [0.15, 0.2) is 72.4 Å². The van der Waals surface area contributed by atoms with Gasteiger partial charge in [-0.05, 0) is 62.8 Å². The molecule has 4 rings (SSSR count). The molecule has 0 N–H and O–H groups in total. The third kappa shape index (κ3) is 49.9. The van der Waals surface area contributed by atoms with Gasteiger partial charge in [-0.15, -0.1) is 0 Å². The fourth-order valence-corrected chi connectivity index (χ4v) is 15.0. The normalized spacial score (nSPS) is 11.4. The van der Waals surface area contributed by atoms with Gasteiger partial charge in [0.1, 0.15) is 0 Å². The predicted molar refractivity (Wildman–Crippen MR) is 462 cm³/mol. The van der Waals surface area contributed by atoms with Crippen molar-refractivity contribution < 1.29 is 47.1 Å². The summed E-state index contributed by atoms with van der Waals surface area (Å²) in [6.07, 6.45) is 84.0. The summed E-state index contributed by atoms with van der Waals surface area (Å²) in [4.78, 5) is 28.0. The molecule has 0 spiro atoms. The minimum absolute atomic E-state index is 0.200. The van der Waals surface area contributed by atoms with Gasteiger partial charge >= 0.3 is 0 Å². The number of benzene rings is 2. The van der Waals surface area contributed by atoms with Crippen molar-refractivity contribution in [3.8, 4) is 34.5 Å². The molecule has 2 aromatic heterocycles. The van der Waals surface area contributed by atoms with Crippen LogP contribution in [0.1, 0.15) is 465 Å². The summed E-state index contributed by atoms with van der Waals surface area (Å²) < 4.78 is 44.7. The van der Waals surface area contributed by atoms with Crippen LogP contribution in [0.25, 0.3) is 0 Å². The highest BCUT2D eigenvalue weighted by Crippen LogP contribution is 2.42. The summed E-state index contributed by atoms with van der Waals surface area (Å²) in [5.74, 6) is 4.09. The average Bonchev–Trinajstić information content (AvgIpc) is 0.818. The molecule has 0 aliphatic carbocycles. The molecule has 0 saturated heterocycles. The largest absolute Gasteiger partial charge is 0.490 e. The first-order valence-electron chi connectivity index (χ1n) is 47.0. The van der Waals surface area contributed by atoms with Crippen LogP contribution in [0.4, 0.5) is 0 Å². The van der Waals surface area contributed by atoms with Crippen LogP contribution >= 0.6 is 0 Å². The first-order valence-corrected chi connectivity index (χ1v) is 47.0. The number of carbonyl (C=O) groups excluding carboxylic acids is 2. The molecule has 0 unspecified atom stereocenters. The lowest BCUT2D eigenvalue weighted by atomic mass is 10.0. The Morgan fingerprint density at radius 3 is 0.578 bits per heavy atom. The van der Waals surface area contributed by atoms with E-state index < -0.39 is 0 Å². The van der Waals surface area contributed by atoms with Gasteiger partial charge in [0, 0.05) is 46.5 Å². The van der Waals surface area contributed by atoms with E-state index in [0.717, 1.165) is 123 Å². The monoisotopic (exact) mass is 1510 g/mol. The molecule has 2 heterocycles. The van der Waals surface area contributed by atoms with Crippen molar-refractivity contribution in [3.63, 3.8) is 0 Å². The number of unbranched alkanes of at least 4 members (excludes halogenated alkanes) is 54. The number of nitrogens with zero attached hydrogens (tertiary/aromatic N) is 2. The maximum atomic E-state index is 14.0. The van der Waals surface area contributed by atoms with Crippen LogP contribution in [0.15, 0.2) is 73.3 Å². The summed E-state index contributed by atoms with van der Waals surface area (Å²) in [6.45, 7) is 18.6. The van der Waals surface area contributed by atoms with E-state index in [1.54, 1.807) is 0 Å². The maximum Gasteiger partial charge on any atom is 0.203 e. The Kier molecular flexibility index (Phi) is 61.4. The molecular formula is C99H168N2O8+2. The van der Waals surface area contributed by atoms with E-state index >= 15 is 0 Å². The zero-order valence-electron chi connectivity index (χ0n) is 71.9. The van der Waals surface area contributed by atoms with Gasteiger partial charge in [-0.1, -0.05) is 388 Å². The van der Waals surface area contributed by atoms with Gasteiger partial charge in [-0.3, -0.25) is 9.59 Å². The van der Waals surface area contributed by atoms with E-state index in [4.69, 9.17) is 28.4 Å². The first kappa shape index (κ1) is 96.3. The van der Waals surface area contributed by atoms with Crippen LogP contribution in [0, 0.1) is 0 Å². The molecule has 0 atom stereocenters. The number of carbonyl (C=O) groups is 2. The number of hydrogen-bond donors (Lipinski definition) is 0. The summed E-state index contributed by atoms with van der Waals surface area (Å²) in [5.41, 5.74) is 3.12. The highest BCUT2D eigenvalue weighted by atomic mass is 16.5. The van der Waals surface area contributed by atoms with Crippen molar-refractivity contribution in [2.24, 2.45) is 0 Å². The van der Waals surface area contributed by atoms with Crippen LogP contribution in [0.3, 0.4) is 0 Å². The molecule has 0 aliphatic heterocycles. The molecule has 0 amide bonds. The fraction of sp³-hybridized carbons (Fsp3) is 0.758. The maximum absolute atomic E-state index is 14.0. The number of rotatable bonds is 80. The lowest BCUT2D eigenvalue weighted by molar-refractivity contribution is -0.688. The zero-order chi connectivity index (χ0) is 77.6. The lowest BCUT2D eigenvalue weighted by Gasteiger charge is -2.18. The van der Waals surface area contributed by atoms with Crippen molar-refractivity contribution in [2.75, 3.05) is 39.6 Å². The molecule has 0 fully saturated rings. The van der Waals surface area contributed by atoms with Gasteiger partial charge < -0.3 is 28.4 Å². The number of hydrogen-bond acceptors (Lipinski definition) is 8. The second-order valence-corrected chi connectivity index (χ2v) is 32.6. The highest BCUT2D eigenvalue weighted by Gasteiger charge is 2.22. The van der Waals surface area contributed by atoms with Crippen LogP contribution in [-0.2, 0) is 13.1 Å². The average molecular weight is 1510 g/mol. The minimum Gasteiger partial charge on any atom is -0.490 e. The van der Waals surface area contributed by atoms with E-state index in [1.165, 1.54) is 308 Å². The molecule has 0 radical (unpaired) electrons. The molecular weight excluding hydrogens is 1350 g/mol. The summed E-state index contributed by atoms with van der Waals surface area (Å²) in [7, 11) is 0. The fourth-order valence-electron chi connectivity index (χ4n) is 15.0. The summed E-state index contributed by atoms with van der Waals surface area (Å²) in [6, 6.07) is 16.0. The molecule has 620 valence electrons. The summed E-state index contributed by atoms with van der Waals surface area (Å²) >= 11 is 0. The molecule has 10 heteroatoms. The van der Waals surface area contributed by atoms with Crippen LogP contribution < -0.4 is 37.6 Å². The SMILES string of the molecule is CCCCCCCCCCCCOc1cc(C[n+]2ccc(C(=O)CC(=O)c3cc[n+](Cc4cc(OCCCCCCCCCCCC)c(OCCCCCCCCCCCC)c(OCCCCCCCCCCCC)c4)cc3)cc2)cc(OCCCCCCCCCCCC)c1OCCCCCCCCCCCC. The molecule has 2 aromatic carbocycles. The molecule has 0 aliphatic rings. The summed E-state index contributed by atoms with van der Waals surface area (Å²) in [5, 5.41) is 0. The number of ether oxygens (including phenoxy) is 6. The van der Waals surface area contributed by atoms with Crippen molar-refractivity contribution >= 4 is 11.6 Å². The van der Waals surface area contributed by atoms with Gasteiger partial charge in [0.25, 0.3) is 0 Å². The Balaban J connectivity index is 1.49. The Hall–Kier alpha value is -5.12. The van der Waals surface area contributed by atoms with Crippen LogP contribution in [0.2, 0.25) is 0 Å². The van der Waals surface area contributed by atoms with E-state index in [2.05, 4.69) is 74.9 Å². The Bertz CT molecular complexity index is 2470.